The van der Waals surface area contributed by atoms with Gasteiger partial charge >= 0.3 is 59.1 Å². The Morgan fingerprint density at radius 2 is 1.55 bits per heavy atom. The Morgan fingerprint density at radius 1 is 1.15 bits per heavy atom. The molecule has 1 rings (SSSR count). The molecule has 0 aliphatic carbocycles. The van der Waals surface area contributed by atoms with Crippen LogP contribution in [0.3, 0.4) is 0 Å². The molecule has 0 saturated carbocycles. The zero-order valence-corrected chi connectivity index (χ0v) is 15.6. The number of carbonyl (C=O) groups excluding carboxylic acids is 1. The number of hydrazine groups is 2. The largest absolute Gasteiger partial charge is 1.00 e. The summed E-state index contributed by atoms with van der Waals surface area (Å²) in [4.78, 5) is 32.5. The topological polar surface area (TPSA) is 163 Å². The van der Waals surface area contributed by atoms with Crippen molar-refractivity contribution in [3.8, 4) is 0 Å². The number of carbonyl (C=O) groups is 1. The van der Waals surface area contributed by atoms with E-state index in [0.29, 0.717) is 0 Å². The molecule has 0 bridgehead atoms. The zero-order chi connectivity index (χ0) is 14.1. The number of nitrogens with zero attached hydrogens (tertiary/aromatic N) is 2. The standard InChI is InChI=1S/C7H12N6O5.2Na/c1-6(10-12(15)16)3-7(2,11-13(17)18)5(14)9-4(6)8;;/h10-11H,3H2,1-2H3,(H2,8,9,14);;/q;2*+1. The molecule has 1 amide bonds. The predicted octanol–water partition coefficient (Wildman–Crippen LogP) is -7.43. The van der Waals surface area contributed by atoms with Gasteiger partial charge in [0.05, 0.1) is 0 Å². The van der Waals surface area contributed by atoms with Crippen LogP contribution in [0.15, 0.2) is 0 Å². The van der Waals surface area contributed by atoms with Gasteiger partial charge in [0.1, 0.15) is 5.84 Å². The molecule has 0 aromatic rings. The van der Waals surface area contributed by atoms with E-state index < -0.39 is 32.9 Å². The van der Waals surface area contributed by atoms with Gasteiger partial charge in [0.2, 0.25) is 0 Å². The first-order valence-electron chi connectivity index (χ1n) is 4.84. The SMILES string of the molecule is CC1(N[N+](=O)[O-])CC(C)(N[N+](=O)[O-])C(=O)NC1=N.[Na+].[Na+]. The van der Waals surface area contributed by atoms with Gasteiger partial charge in [-0.25, -0.2) is 20.2 Å². The van der Waals surface area contributed by atoms with Crippen LogP contribution < -0.4 is 75.3 Å². The van der Waals surface area contributed by atoms with Crippen LogP contribution in [-0.4, -0.2) is 32.9 Å². The van der Waals surface area contributed by atoms with Crippen LogP contribution >= 0.6 is 0 Å². The first kappa shape index (κ1) is 21.8. The number of nitrogens with one attached hydrogen (secondary N) is 4. The zero-order valence-electron chi connectivity index (χ0n) is 11.6. The van der Waals surface area contributed by atoms with Crippen molar-refractivity contribution in [3.63, 3.8) is 0 Å². The molecular weight excluding hydrogens is 294 g/mol. The molecule has 0 aromatic heterocycles. The van der Waals surface area contributed by atoms with Crippen molar-refractivity contribution >= 4 is 11.7 Å². The van der Waals surface area contributed by atoms with Crippen molar-refractivity contribution in [2.45, 2.75) is 31.3 Å². The van der Waals surface area contributed by atoms with Gasteiger partial charge in [-0.15, -0.1) is 10.9 Å². The summed E-state index contributed by atoms with van der Waals surface area (Å²) in [6, 6.07) is 0. The molecule has 1 heterocycles. The third-order valence-electron chi connectivity index (χ3n) is 2.67. The molecule has 1 aliphatic heterocycles. The molecule has 11 nitrogen and oxygen atoms in total. The third-order valence-corrected chi connectivity index (χ3v) is 2.67. The second-order valence-corrected chi connectivity index (χ2v) is 4.41. The molecule has 2 unspecified atom stereocenters. The summed E-state index contributed by atoms with van der Waals surface area (Å²) in [5, 5.41) is 28.7. The Morgan fingerprint density at radius 3 is 1.95 bits per heavy atom. The molecule has 100 valence electrons. The molecule has 2 atom stereocenters. The number of nitro groups is 2. The summed E-state index contributed by atoms with van der Waals surface area (Å²) in [6.07, 6.45) is -0.313. The Bertz CT molecular complexity index is 409. The van der Waals surface area contributed by atoms with Crippen LogP contribution in [0.1, 0.15) is 20.3 Å². The number of amides is 1. The van der Waals surface area contributed by atoms with Gasteiger partial charge in [-0.2, -0.15) is 0 Å². The maximum Gasteiger partial charge on any atom is 1.00 e. The molecule has 20 heavy (non-hydrogen) atoms. The van der Waals surface area contributed by atoms with Crippen molar-refractivity contribution in [2.24, 2.45) is 0 Å². The quantitative estimate of drug-likeness (QED) is 0.228. The van der Waals surface area contributed by atoms with E-state index in [4.69, 9.17) is 5.41 Å². The van der Waals surface area contributed by atoms with Crippen LogP contribution in [0.25, 0.3) is 0 Å². The molecule has 1 fully saturated rings. The number of rotatable bonds is 4. The summed E-state index contributed by atoms with van der Waals surface area (Å²) >= 11 is 0. The van der Waals surface area contributed by atoms with E-state index in [1.165, 1.54) is 13.8 Å². The van der Waals surface area contributed by atoms with E-state index in [2.05, 4.69) is 5.32 Å². The smallest absolute Gasteiger partial charge is 0.310 e. The maximum absolute atomic E-state index is 11.6. The van der Waals surface area contributed by atoms with E-state index >= 15 is 0 Å². The van der Waals surface area contributed by atoms with E-state index in [1.54, 1.807) is 0 Å². The molecule has 1 aliphatic rings. The number of piperidine rings is 1. The minimum Gasteiger partial charge on any atom is -0.310 e. The van der Waals surface area contributed by atoms with E-state index in [0.717, 1.165) is 0 Å². The van der Waals surface area contributed by atoms with Gasteiger partial charge in [0, 0.05) is 6.42 Å². The first-order valence-corrected chi connectivity index (χ1v) is 4.84. The van der Waals surface area contributed by atoms with Crippen LogP contribution in [0.4, 0.5) is 0 Å². The van der Waals surface area contributed by atoms with Crippen molar-refractivity contribution in [1.82, 2.24) is 16.2 Å². The predicted molar refractivity (Wildman–Crippen MR) is 57.6 cm³/mol. The molecule has 0 radical (unpaired) electrons. The van der Waals surface area contributed by atoms with Crippen molar-refractivity contribution in [1.29, 1.82) is 5.41 Å². The summed E-state index contributed by atoms with van der Waals surface area (Å²) < 4.78 is 0. The Balaban J connectivity index is 0. The summed E-state index contributed by atoms with van der Waals surface area (Å²) in [5.41, 5.74) is 0.533. The monoisotopic (exact) mass is 306 g/mol. The average Bonchev–Trinajstić information content (AvgIpc) is 2.12. The van der Waals surface area contributed by atoms with Crippen molar-refractivity contribution < 1.29 is 74.0 Å². The van der Waals surface area contributed by atoms with Crippen molar-refractivity contribution in [2.75, 3.05) is 0 Å². The number of hydrogen-bond acceptors (Lipinski definition) is 6. The number of hydrogen-bond donors (Lipinski definition) is 4. The van der Waals surface area contributed by atoms with Gasteiger partial charge in [-0.3, -0.25) is 10.2 Å². The molecule has 0 spiro atoms. The summed E-state index contributed by atoms with van der Waals surface area (Å²) in [6.45, 7) is 2.54. The van der Waals surface area contributed by atoms with Gasteiger partial charge < -0.3 is 5.32 Å². The fraction of sp³-hybridized carbons (Fsp3) is 0.714. The van der Waals surface area contributed by atoms with Gasteiger partial charge in [-0.1, -0.05) is 0 Å². The third kappa shape index (κ3) is 4.82. The van der Waals surface area contributed by atoms with Crippen LogP contribution in [0.2, 0.25) is 0 Å². The second kappa shape index (κ2) is 7.52. The number of amidine groups is 1. The minimum absolute atomic E-state index is 0. The summed E-state index contributed by atoms with van der Waals surface area (Å²) in [7, 11) is 0. The summed E-state index contributed by atoms with van der Waals surface area (Å²) in [5.74, 6) is -1.20. The van der Waals surface area contributed by atoms with Crippen LogP contribution in [0, 0.1) is 25.6 Å². The minimum atomic E-state index is -1.65. The van der Waals surface area contributed by atoms with Gasteiger partial charge in [0.25, 0.3) is 5.91 Å². The molecule has 4 N–H and O–H groups in total. The maximum atomic E-state index is 11.6. The molecule has 0 aromatic carbocycles. The fourth-order valence-corrected chi connectivity index (χ4v) is 1.85. The van der Waals surface area contributed by atoms with E-state index in [-0.39, 0.29) is 65.5 Å². The Labute approximate surface area is 157 Å². The van der Waals surface area contributed by atoms with Gasteiger partial charge in [-0.05, 0) is 13.8 Å². The van der Waals surface area contributed by atoms with Crippen LogP contribution in [0.5, 0.6) is 0 Å². The Kier molecular flexibility index (Phi) is 8.21. The van der Waals surface area contributed by atoms with E-state index in [1.807, 2.05) is 10.9 Å². The van der Waals surface area contributed by atoms with Gasteiger partial charge in [0.15, 0.2) is 21.1 Å². The van der Waals surface area contributed by atoms with Crippen LogP contribution in [-0.2, 0) is 4.79 Å². The molecule has 1 saturated heterocycles. The average molecular weight is 306 g/mol. The molecule has 13 heteroatoms. The van der Waals surface area contributed by atoms with Crippen molar-refractivity contribution in [3.05, 3.63) is 20.2 Å². The van der Waals surface area contributed by atoms with E-state index in [9.17, 15) is 25.0 Å². The first-order chi connectivity index (χ1) is 8.09. The fourth-order valence-electron chi connectivity index (χ4n) is 1.85. The molecular formula is C7H12N6Na2O5+2. The Hall–Kier alpha value is -0.460. The normalized spacial score (nSPS) is 28.3. The second-order valence-electron chi connectivity index (χ2n) is 4.41.